The SMILES string of the molecule is CN(CC(=O)NCC1(N2CCOCC2)CCCCC1)S(=O)(=O)/C=C/c1ccccc1. The first-order chi connectivity index (χ1) is 14.4. The van der Waals surface area contributed by atoms with Crippen LogP contribution in [0.3, 0.4) is 0 Å². The first-order valence-electron chi connectivity index (χ1n) is 10.7. The predicted octanol–water partition coefficient (Wildman–Crippen LogP) is 2.07. The van der Waals surface area contributed by atoms with Gasteiger partial charge in [-0.3, -0.25) is 9.69 Å². The van der Waals surface area contributed by atoms with E-state index in [-0.39, 0.29) is 18.0 Å². The highest BCUT2D eigenvalue weighted by Gasteiger charge is 2.38. The number of hydrogen-bond acceptors (Lipinski definition) is 5. The van der Waals surface area contributed by atoms with Crippen molar-refractivity contribution in [2.24, 2.45) is 0 Å². The van der Waals surface area contributed by atoms with E-state index in [0.717, 1.165) is 67.3 Å². The van der Waals surface area contributed by atoms with E-state index in [1.165, 1.54) is 13.5 Å². The van der Waals surface area contributed by atoms with Gasteiger partial charge in [-0.15, -0.1) is 0 Å². The Hall–Kier alpha value is -1.74. The Balaban J connectivity index is 1.56. The van der Waals surface area contributed by atoms with Crippen molar-refractivity contribution in [3.8, 4) is 0 Å². The molecule has 0 spiro atoms. The van der Waals surface area contributed by atoms with Gasteiger partial charge >= 0.3 is 0 Å². The Bertz CT molecular complexity index is 814. The summed E-state index contributed by atoms with van der Waals surface area (Å²) in [4.78, 5) is 15.0. The van der Waals surface area contributed by atoms with Crippen LogP contribution < -0.4 is 5.32 Å². The first-order valence-corrected chi connectivity index (χ1v) is 12.2. The number of likely N-dealkylation sites (N-methyl/N-ethyl adjacent to an activating group) is 1. The Morgan fingerprint density at radius 1 is 1.17 bits per heavy atom. The zero-order valence-corrected chi connectivity index (χ0v) is 18.6. The average Bonchev–Trinajstić information content (AvgIpc) is 2.78. The summed E-state index contributed by atoms with van der Waals surface area (Å²) in [5.41, 5.74) is 0.756. The summed E-state index contributed by atoms with van der Waals surface area (Å²) in [5.74, 6) is -0.271. The highest BCUT2D eigenvalue weighted by molar-refractivity contribution is 7.92. The number of nitrogens with zero attached hydrogens (tertiary/aromatic N) is 2. The van der Waals surface area contributed by atoms with Gasteiger partial charge in [0.25, 0.3) is 0 Å². The van der Waals surface area contributed by atoms with E-state index < -0.39 is 10.0 Å². The van der Waals surface area contributed by atoms with Gasteiger partial charge in [0.05, 0.1) is 19.8 Å². The molecule has 0 radical (unpaired) electrons. The summed E-state index contributed by atoms with van der Waals surface area (Å²) in [5, 5.41) is 4.16. The monoisotopic (exact) mass is 435 g/mol. The van der Waals surface area contributed by atoms with Crippen LogP contribution in [0, 0.1) is 0 Å². The maximum atomic E-state index is 12.6. The second kappa shape index (κ2) is 10.5. The summed E-state index contributed by atoms with van der Waals surface area (Å²) in [6, 6.07) is 9.22. The molecule has 7 nitrogen and oxygen atoms in total. The van der Waals surface area contributed by atoms with Crippen molar-refractivity contribution in [2.45, 2.75) is 37.6 Å². The molecule has 1 N–H and O–H groups in total. The van der Waals surface area contributed by atoms with Gasteiger partial charge in [-0.2, -0.15) is 4.31 Å². The molecule has 0 aromatic heterocycles. The minimum absolute atomic E-state index is 0.0393. The topological polar surface area (TPSA) is 79.0 Å². The van der Waals surface area contributed by atoms with E-state index in [4.69, 9.17) is 4.74 Å². The molecule has 1 aliphatic heterocycles. The molecule has 3 rings (SSSR count). The standard InChI is InChI=1S/C22H33N3O4S/c1-24(30(27,28)17-10-20-8-4-2-5-9-20)18-21(26)23-19-22(11-6-3-7-12-22)25-13-15-29-16-14-25/h2,4-5,8-10,17H,3,6-7,11-16,18-19H2,1H3,(H,23,26)/b17-10+. The lowest BCUT2D eigenvalue weighted by atomic mass is 9.79. The lowest BCUT2D eigenvalue weighted by molar-refractivity contribution is -0.122. The van der Waals surface area contributed by atoms with Gasteiger partial charge in [0.15, 0.2) is 0 Å². The first kappa shape index (κ1) is 22.9. The number of morpholine rings is 1. The van der Waals surface area contributed by atoms with E-state index in [9.17, 15) is 13.2 Å². The van der Waals surface area contributed by atoms with Gasteiger partial charge in [-0.25, -0.2) is 8.42 Å². The number of rotatable bonds is 8. The molecule has 8 heteroatoms. The minimum atomic E-state index is -3.67. The molecule has 1 aromatic rings. The van der Waals surface area contributed by atoms with Gasteiger partial charge in [-0.05, 0) is 24.5 Å². The van der Waals surface area contributed by atoms with Gasteiger partial charge in [0.2, 0.25) is 15.9 Å². The Morgan fingerprint density at radius 3 is 2.50 bits per heavy atom. The fourth-order valence-corrected chi connectivity index (χ4v) is 5.13. The van der Waals surface area contributed by atoms with Gasteiger partial charge < -0.3 is 10.1 Å². The number of sulfonamides is 1. The van der Waals surface area contributed by atoms with Gasteiger partial charge in [-0.1, -0.05) is 49.6 Å². The van der Waals surface area contributed by atoms with Crippen LogP contribution in [0.15, 0.2) is 35.7 Å². The second-order valence-electron chi connectivity index (χ2n) is 8.18. The Kier molecular flexibility index (Phi) is 8.05. The zero-order valence-electron chi connectivity index (χ0n) is 17.8. The number of carbonyl (C=O) groups excluding carboxylic acids is 1. The Morgan fingerprint density at radius 2 is 1.83 bits per heavy atom. The summed E-state index contributed by atoms with van der Waals surface area (Å²) >= 11 is 0. The third kappa shape index (κ3) is 6.14. The smallest absolute Gasteiger partial charge is 0.236 e. The Labute approximate surface area is 180 Å². The largest absolute Gasteiger partial charge is 0.379 e. The molecule has 0 unspecified atom stereocenters. The van der Waals surface area contributed by atoms with Crippen LogP contribution in [0.25, 0.3) is 6.08 Å². The summed E-state index contributed by atoms with van der Waals surface area (Å²) in [7, 11) is -2.23. The van der Waals surface area contributed by atoms with E-state index in [0.29, 0.717) is 6.54 Å². The van der Waals surface area contributed by atoms with Crippen molar-refractivity contribution in [1.29, 1.82) is 0 Å². The van der Waals surface area contributed by atoms with Crippen molar-refractivity contribution in [3.05, 3.63) is 41.3 Å². The summed E-state index contributed by atoms with van der Waals surface area (Å²) < 4.78 is 31.6. The minimum Gasteiger partial charge on any atom is -0.379 e. The third-order valence-corrected chi connectivity index (χ3v) is 7.59. The fraction of sp³-hybridized carbons (Fsp3) is 0.591. The highest BCUT2D eigenvalue weighted by atomic mass is 32.2. The molecule has 1 amide bonds. The molecule has 2 aliphatic rings. The van der Waals surface area contributed by atoms with Crippen LogP contribution >= 0.6 is 0 Å². The summed E-state index contributed by atoms with van der Waals surface area (Å²) in [6.45, 7) is 3.58. The number of hydrogen-bond donors (Lipinski definition) is 1. The van der Waals surface area contributed by atoms with Crippen molar-refractivity contribution in [2.75, 3.05) is 46.4 Å². The lowest BCUT2D eigenvalue weighted by Crippen LogP contribution is -2.60. The maximum absolute atomic E-state index is 12.6. The quantitative estimate of drug-likeness (QED) is 0.676. The molecule has 1 heterocycles. The molecule has 0 bridgehead atoms. The number of carbonyl (C=O) groups is 1. The van der Waals surface area contributed by atoms with Crippen molar-refractivity contribution >= 4 is 22.0 Å². The normalized spacial score (nSPS) is 20.5. The van der Waals surface area contributed by atoms with Crippen molar-refractivity contribution in [3.63, 3.8) is 0 Å². The van der Waals surface area contributed by atoms with Crippen LogP contribution in [-0.4, -0.2) is 75.5 Å². The highest BCUT2D eigenvalue weighted by Crippen LogP contribution is 2.33. The molecule has 1 aliphatic carbocycles. The van der Waals surface area contributed by atoms with E-state index in [1.807, 2.05) is 30.3 Å². The van der Waals surface area contributed by atoms with Gasteiger partial charge in [0, 0.05) is 37.6 Å². The number of ether oxygens (including phenoxy) is 1. The molecular weight excluding hydrogens is 402 g/mol. The van der Waals surface area contributed by atoms with E-state index in [2.05, 4.69) is 10.2 Å². The van der Waals surface area contributed by atoms with Crippen LogP contribution in [0.2, 0.25) is 0 Å². The molecule has 30 heavy (non-hydrogen) atoms. The van der Waals surface area contributed by atoms with Crippen LogP contribution in [-0.2, 0) is 19.6 Å². The van der Waals surface area contributed by atoms with Crippen LogP contribution in [0.5, 0.6) is 0 Å². The fourth-order valence-electron chi connectivity index (χ4n) is 4.30. The molecule has 1 aromatic carbocycles. The molecular formula is C22H33N3O4S. The molecule has 1 saturated heterocycles. The second-order valence-corrected chi connectivity index (χ2v) is 10.1. The van der Waals surface area contributed by atoms with E-state index in [1.54, 1.807) is 6.08 Å². The number of amides is 1. The van der Waals surface area contributed by atoms with E-state index >= 15 is 0 Å². The van der Waals surface area contributed by atoms with Gasteiger partial charge in [0.1, 0.15) is 0 Å². The molecule has 0 atom stereocenters. The number of nitrogens with one attached hydrogen (secondary N) is 1. The van der Waals surface area contributed by atoms with Crippen molar-refractivity contribution < 1.29 is 17.9 Å². The lowest BCUT2D eigenvalue weighted by Gasteiger charge is -2.48. The number of benzene rings is 1. The third-order valence-electron chi connectivity index (χ3n) is 6.11. The van der Waals surface area contributed by atoms with Crippen LogP contribution in [0.4, 0.5) is 0 Å². The zero-order chi connectivity index (χ0) is 21.5. The molecule has 1 saturated carbocycles. The molecule has 166 valence electrons. The predicted molar refractivity (Wildman–Crippen MR) is 118 cm³/mol. The maximum Gasteiger partial charge on any atom is 0.236 e. The summed E-state index contributed by atoms with van der Waals surface area (Å²) in [6.07, 6.45) is 7.20. The average molecular weight is 436 g/mol. The van der Waals surface area contributed by atoms with Crippen LogP contribution in [0.1, 0.15) is 37.7 Å². The van der Waals surface area contributed by atoms with Crippen molar-refractivity contribution in [1.82, 2.24) is 14.5 Å². The molecule has 2 fully saturated rings.